The molecule has 1 atom stereocenters. The van der Waals surface area contributed by atoms with Crippen LogP contribution >= 0.6 is 11.6 Å². The first-order valence-electron chi connectivity index (χ1n) is 12.7. The summed E-state index contributed by atoms with van der Waals surface area (Å²) in [4.78, 5) is 15.3. The van der Waals surface area contributed by atoms with Crippen LogP contribution < -0.4 is 15.8 Å². The van der Waals surface area contributed by atoms with E-state index in [0.717, 1.165) is 37.5 Å². The molecule has 0 bridgehead atoms. The van der Waals surface area contributed by atoms with E-state index < -0.39 is 16.1 Å². The molecule has 2 fully saturated rings. The predicted octanol–water partition coefficient (Wildman–Crippen LogP) is 3.25. The van der Waals surface area contributed by atoms with Crippen molar-refractivity contribution < 1.29 is 13.2 Å². The van der Waals surface area contributed by atoms with E-state index in [-0.39, 0.29) is 23.7 Å². The van der Waals surface area contributed by atoms with Crippen LogP contribution in [0, 0.1) is 16.7 Å². The van der Waals surface area contributed by atoms with Crippen molar-refractivity contribution in [3.8, 4) is 0 Å². The van der Waals surface area contributed by atoms with Crippen LogP contribution in [-0.4, -0.2) is 57.1 Å². The minimum absolute atomic E-state index is 0.00207. The maximum atomic E-state index is 13.5. The number of carbonyl (C=O) groups is 1. The minimum atomic E-state index is -3.56. The van der Waals surface area contributed by atoms with Crippen LogP contribution in [0.3, 0.4) is 0 Å². The van der Waals surface area contributed by atoms with E-state index in [1.165, 1.54) is 32.1 Å². The quantitative estimate of drug-likeness (QED) is 0.212. The van der Waals surface area contributed by atoms with Gasteiger partial charge >= 0.3 is 0 Å². The molecule has 5 N–H and O–H groups in total. The van der Waals surface area contributed by atoms with Gasteiger partial charge in [-0.05, 0) is 74.0 Å². The number of carbonyl (C=O) groups excluding carboxylic acids is 1. The Morgan fingerprint density at radius 3 is 2.40 bits per heavy atom. The third-order valence-corrected chi connectivity index (χ3v) is 8.68. The van der Waals surface area contributed by atoms with Crippen molar-refractivity contribution in [3.05, 3.63) is 34.9 Å². The second-order valence-corrected chi connectivity index (χ2v) is 12.5. The number of sulfonamides is 1. The summed E-state index contributed by atoms with van der Waals surface area (Å²) in [6.07, 6.45) is 11.5. The Bertz CT molecular complexity index is 956. The number of amides is 1. The molecule has 1 aliphatic heterocycles. The number of hydrogen-bond donors (Lipinski definition) is 4. The number of nitrogens with zero attached hydrogens (tertiary/aromatic N) is 1. The van der Waals surface area contributed by atoms with E-state index in [9.17, 15) is 13.2 Å². The Balaban J connectivity index is 1.69. The van der Waals surface area contributed by atoms with Crippen LogP contribution in [0.5, 0.6) is 0 Å². The van der Waals surface area contributed by atoms with E-state index in [1.54, 1.807) is 12.1 Å². The maximum absolute atomic E-state index is 13.5. The molecule has 3 rings (SSSR count). The fourth-order valence-corrected chi connectivity index (χ4v) is 6.75. The van der Waals surface area contributed by atoms with Crippen molar-refractivity contribution in [2.45, 2.75) is 70.3 Å². The zero-order valence-electron chi connectivity index (χ0n) is 20.7. The average Bonchev–Trinajstić information content (AvgIpc) is 2.82. The summed E-state index contributed by atoms with van der Waals surface area (Å²) in [6.45, 7) is 1.96. The van der Waals surface area contributed by atoms with Gasteiger partial charge in [0.15, 0.2) is 5.96 Å². The van der Waals surface area contributed by atoms with Crippen LogP contribution in [0.1, 0.15) is 63.4 Å². The molecular weight excluding hydrogens is 486 g/mol. The third-order valence-electron chi connectivity index (χ3n) is 7.72. The van der Waals surface area contributed by atoms with Crippen LogP contribution in [-0.2, 0) is 21.2 Å². The summed E-state index contributed by atoms with van der Waals surface area (Å²) < 4.78 is 26.6. The number of nitrogens with one attached hydrogen (secondary N) is 3. The van der Waals surface area contributed by atoms with Gasteiger partial charge in [-0.15, -0.1) is 0 Å². The smallest absolute Gasteiger partial charge is 0.241 e. The van der Waals surface area contributed by atoms with Gasteiger partial charge in [0, 0.05) is 24.7 Å². The minimum Gasteiger partial charge on any atom is -0.370 e. The first-order chi connectivity index (χ1) is 16.6. The van der Waals surface area contributed by atoms with Crippen LogP contribution in [0.2, 0.25) is 5.02 Å². The number of guanidine groups is 1. The molecule has 1 aromatic rings. The molecule has 1 saturated heterocycles. The van der Waals surface area contributed by atoms with Gasteiger partial charge in [0.25, 0.3) is 0 Å². The summed E-state index contributed by atoms with van der Waals surface area (Å²) in [6, 6.07) is 6.31. The fourth-order valence-electron chi connectivity index (χ4n) is 5.93. The highest BCUT2D eigenvalue weighted by molar-refractivity contribution is 7.88. The highest BCUT2D eigenvalue weighted by atomic mass is 35.5. The van der Waals surface area contributed by atoms with Gasteiger partial charge in [-0.1, -0.05) is 43.0 Å². The van der Waals surface area contributed by atoms with Crippen molar-refractivity contribution >= 4 is 33.5 Å². The van der Waals surface area contributed by atoms with Crippen molar-refractivity contribution in [1.29, 1.82) is 5.41 Å². The van der Waals surface area contributed by atoms with Gasteiger partial charge in [0.05, 0.1) is 6.26 Å². The molecule has 10 heteroatoms. The normalized spacial score (nSPS) is 19.8. The molecular formula is C25H40ClN5O3S. The number of halogens is 1. The fraction of sp³-hybridized carbons (Fsp3) is 0.680. The Hall–Kier alpha value is -1.84. The van der Waals surface area contributed by atoms with E-state index in [0.29, 0.717) is 30.6 Å². The molecule has 1 saturated carbocycles. The monoisotopic (exact) mass is 525 g/mol. The van der Waals surface area contributed by atoms with Crippen molar-refractivity contribution in [1.82, 2.24) is 14.9 Å². The van der Waals surface area contributed by atoms with Crippen molar-refractivity contribution in [2.24, 2.45) is 17.1 Å². The standard InChI is InChI=1S/C25H40ClN5O3S/c1-35(33,34)30-22(18-19-8-10-21(26)11-9-19)23(32)31-16-13-25(14-17-31,12-5-15-29-24(27)28)20-6-3-2-4-7-20/h8-11,20,22,30H,2-7,12-18H2,1H3,(H4,27,28,29)/t22-/m1/s1. The SMILES string of the molecule is CS(=O)(=O)N[C@H](Cc1ccc(Cl)cc1)C(=O)N1CCC(CCCNC(=N)N)(C2CCCCC2)CC1. The molecule has 0 spiro atoms. The number of hydrogen-bond acceptors (Lipinski definition) is 4. The number of nitrogens with two attached hydrogens (primary N) is 1. The Morgan fingerprint density at radius 2 is 1.83 bits per heavy atom. The van der Waals surface area contributed by atoms with Gasteiger partial charge in [-0.3, -0.25) is 10.2 Å². The Labute approximate surface area is 214 Å². The highest BCUT2D eigenvalue weighted by Crippen LogP contribution is 2.48. The molecule has 0 aromatic heterocycles. The molecule has 0 radical (unpaired) electrons. The van der Waals surface area contributed by atoms with Crippen molar-refractivity contribution in [3.63, 3.8) is 0 Å². The average molecular weight is 526 g/mol. The number of rotatable bonds is 10. The summed E-state index contributed by atoms with van der Waals surface area (Å²) in [5, 5.41) is 10.9. The zero-order chi connectivity index (χ0) is 25.5. The molecule has 35 heavy (non-hydrogen) atoms. The molecule has 2 aliphatic rings. The lowest BCUT2D eigenvalue weighted by molar-refractivity contribution is -0.136. The van der Waals surface area contributed by atoms with Gasteiger partial charge in [0.2, 0.25) is 15.9 Å². The Kier molecular flexibility index (Phi) is 9.84. The number of piperidine rings is 1. The van der Waals surface area contributed by atoms with E-state index in [4.69, 9.17) is 22.7 Å². The number of likely N-dealkylation sites (tertiary alicyclic amines) is 1. The molecule has 1 aliphatic carbocycles. The van der Waals surface area contributed by atoms with E-state index >= 15 is 0 Å². The third kappa shape index (κ3) is 8.36. The van der Waals surface area contributed by atoms with E-state index in [1.807, 2.05) is 17.0 Å². The molecule has 1 aromatic carbocycles. The molecule has 1 amide bonds. The van der Waals surface area contributed by atoms with Gasteiger partial charge in [-0.25, -0.2) is 13.1 Å². The lowest BCUT2D eigenvalue weighted by Gasteiger charge is -2.49. The molecule has 1 heterocycles. The van der Waals surface area contributed by atoms with Gasteiger partial charge in [0.1, 0.15) is 6.04 Å². The second-order valence-electron chi connectivity index (χ2n) is 10.2. The number of benzene rings is 1. The second kappa shape index (κ2) is 12.4. The topological polar surface area (TPSA) is 128 Å². The summed E-state index contributed by atoms with van der Waals surface area (Å²) in [5.41, 5.74) is 6.49. The molecule has 8 nitrogen and oxygen atoms in total. The van der Waals surface area contributed by atoms with Crippen LogP contribution in [0.4, 0.5) is 0 Å². The lowest BCUT2D eigenvalue weighted by atomic mass is 9.61. The van der Waals surface area contributed by atoms with E-state index in [2.05, 4.69) is 10.0 Å². The van der Waals surface area contributed by atoms with Crippen LogP contribution in [0.15, 0.2) is 24.3 Å². The van der Waals surface area contributed by atoms with Gasteiger partial charge < -0.3 is 16.0 Å². The van der Waals surface area contributed by atoms with Crippen molar-refractivity contribution in [2.75, 3.05) is 25.9 Å². The Morgan fingerprint density at radius 1 is 1.20 bits per heavy atom. The molecule has 196 valence electrons. The summed E-state index contributed by atoms with van der Waals surface area (Å²) >= 11 is 5.98. The maximum Gasteiger partial charge on any atom is 0.241 e. The largest absolute Gasteiger partial charge is 0.370 e. The van der Waals surface area contributed by atoms with Gasteiger partial charge in [-0.2, -0.15) is 0 Å². The summed E-state index contributed by atoms with van der Waals surface area (Å²) in [7, 11) is -3.56. The first kappa shape index (κ1) is 27.7. The van der Waals surface area contributed by atoms with Crippen LogP contribution in [0.25, 0.3) is 0 Å². The first-order valence-corrected chi connectivity index (χ1v) is 14.9. The predicted molar refractivity (Wildman–Crippen MR) is 141 cm³/mol. The highest BCUT2D eigenvalue weighted by Gasteiger charge is 2.42. The molecule has 0 unspecified atom stereocenters. The lowest BCUT2D eigenvalue weighted by Crippen LogP contribution is -2.53. The summed E-state index contributed by atoms with van der Waals surface area (Å²) in [5.74, 6) is 0.493. The zero-order valence-corrected chi connectivity index (χ0v) is 22.3.